The first-order valence-corrected chi connectivity index (χ1v) is 9.80. The third kappa shape index (κ3) is 5.30. The maximum absolute atomic E-state index is 13.0. The van der Waals surface area contributed by atoms with E-state index in [9.17, 15) is 22.9 Å². The minimum atomic E-state index is -3.92. The Morgan fingerprint density at radius 1 is 1.07 bits per heavy atom. The van der Waals surface area contributed by atoms with Gasteiger partial charge in [0.05, 0.1) is 15.5 Å². The first-order valence-electron chi connectivity index (χ1n) is 8.32. The normalized spacial score (nSPS) is 11.2. The predicted octanol–water partition coefficient (Wildman–Crippen LogP) is 2.55. The quantitative estimate of drug-likeness (QED) is 0.339. The predicted molar refractivity (Wildman–Crippen MR) is 101 cm³/mol. The van der Waals surface area contributed by atoms with Crippen LogP contribution in [0.3, 0.4) is 0 Å². The molecule has 11 heteroatoms. The van der Waals surface area contributed by atoms with Crippen LogP contribution >= 0.6 is 0 Å². The lowest BCUT2D eigenvalue weighted by Gasteiger charge is -2.08. The van der Waals surface area contributed by atoms with Crippen LogP contribution in [-0.4, -0.2) is 36.7 Å². The molecule has 9 nitrogen and oxygen atoms in total. The first-order chi connectivity index (χ1) is 13.8. The second-order valence-electron chi connectivity index (χ2n) is 5.76. The zero-order valence-electron chi connectivity index (χ0n) is 14.9. The van der Waals surface area contributed by atoms with Gasteiger partial charge in [0.2, 0.25) is 15.9 Å². The molecule has 150 valence electrons. The average molecular weight is 418 g/mol. The number of aromatic nitrogens is 2. The van der Waals surface area contributed by atoms with E-state index >= 15 is 0 Å². The monoisotopic (exact) mass is 418 g/mol. The number of sulfonamides is 1. The number of nitrogens with zero attached hydrogens (tertiary/aromatic N) is 3. The van der Waals surface area contributed by atoms with E-state index in [0.29, 0.717) is 11.3 Å². The van der Waals surface area contributed by atoms with Crippen molar-refractivity contribution in [2.75, 3.05) is 13.2 Å². The zero-order valence-corrected chi connectivity index (χ0v) is 15.7. The van der Waals surface area contributed by atoms with Crippen molar-refractivity contribution >= 4 is 15.7 Å². The van der Waals surface area contributed by atoms with Crippen molar-refractivity contribution < 1.29 is 22.5 Å². The number of nitrogens with one attached hydrogen (secondary N) is 1. The topological polar surface area (TPSA) is 124 Å². The SMILES string of the molecule is O=[N+]([O-])c1cccc(S(=O)(=O)NCCOc2ccc(-c3ccc(F)cc3)nn2)c1. The summed E-state index contributed by atoms with van der Waals surface area (Å²) in [5, 5.41) is 18.6. The molecule has 29 heavy (non-hydrogen) atoms. The number of benzene rings is 2. The molecule has 1 N–H and O–H groups in total. The van der Waals surface area contributed by atoms with Gasteiger partial charge >= 0.3 is 0 Å². The highest BCUT2D eigenvalue weighted by molar-refractivity contribution is 7.89. The Labute approximate surface area is 165 Å². The van der Waals surface area contributed by atoms with Gasteiger partial charge in [-0.1, -0.05) is 6.07 Å². The molecule has 0 bridgehead atoms. The van der Waals surface area contributed by atoms with Gasteiger partial charge in [0.25, 0.3) is 5.69 Å². The standard InChI is InChI=1S/C18H15FN4O5S/c19-14-6-4-13(5-7-14)17-8-9-18(22-21-17)28-11-10-20-29(26,27)16-3-1-2-15(12-16)23(24)25/h1-9,12,20H,10-11H2. The highest BCUT2D eigenvalue weighted by Crippen LogP contribution is 2.18. The zero-order chi connectivity index (χ0) is 20.9. The van der Waals surface area contributed by atoms with Crippen LogP contribution in [-0.2, 0) is 10.0 Å². The van der Waals surface area contributed by atoms with Crippen molar-refractivity contribution in [3.8, 4) is 17.1 Å². The van der Waals surface area contributed by atoms with Gasteiger partial charge in [0.1, 0.15) is 12.4 Å². The van der Waals surface area contributed by atoms with Gasteiger partial charge in [0, 0.05) is 30.3 Å². The van der Waals surface area contributed by atoms with E-state index in [1.165, 1.54) is 30.3 Å². The molecule has 0 aliphatic carbocycles. The Morgan fingerprint density at radius 2 is 1.83 bits per heavy atom. The largest absolute Gasteiger partial charge is 0.475 e. The molecule has 0 fully saturated rings. The third-order valence-electron chi connectivity index (χ3n) is 3.76. The van der Waals surface area contributed by atoms with Gasteiger partial charge in [-0.25, -0.2) is 17.5 Å². The summed E-state index contributed by atoms with van der Waals surface area (Å²) in [6.07, 6.45) is 0. The van der Waals surface area contributed by atoms with E-state index in [0.717, 1.165) is 6.07 Å². The molecule has 3 rings (SSSR count). The molecule has 0 radical (unpaired) electrons. The molecule has 0 saturated carbocycles. The number of nitro benzene ring substituents is 1. The van der Waals surface area contributed by atoms with E-state index in [1.54, 1.807) is 24.3 Å². The lowest BCUT2D eigenvalue weighted by atomic mass is 10.1. The van der Waals surface area contributed by atoms with Crippen molar-refractivity contribution in [1.29, 1.82) is 0 Å². The molecule has 2 aromatic carbocycles. The number of nitro groups is 1. The van der Waals surface area contributed by atoms with Crippen molar-refractivity contribution in [2.24, 2.45) is 0 Å². The molecule has 0 atom stereocenters. The maximum Gasteiger partial charge on any atom is 0.270 e. The molecule has 1 heterocycles. The number of hydrogen-bond acceptors (Lipinski definition) is 7. The summed E-state index contributed by atoms with van der Waals surface area (Å²) < 4.78 is 45.0. The third-order valence-corrected chi connectivity index (χ3v) is 5.22. The molecule has 3 aromatic rings. The number of ether oxygens (including phenoxy) is 1. The fourth-order valence-corrected chi connectivity index (χ4v) is 3.40. The van der Waals surface area contributed by atoms with Crippen molar-refractivity contribution in [3.63, 3.8) is 0 Å². The Balaban J connectivity index is 1.54. The highest BCUT2D eigenvalue weighted by Gasteiger charge is 2.17. The van der Waals surface area contributed by atoms with Crippen LogP contribution < -0.4 is 9.46 Å². The summed E-state index contributed by atoms with van der Waals surface area (Å²) in [7, 11) is -3.92. The molecule has 0 saturated heterocycles. The lowest BCUT2D eigenvalue weighted by Crippen LogP contribution is -2.28. The molecule has 0 aliphatic rings. The minimum absolute atomic E-state index is 0.0290. The maximum atomic E-state index is 13.0. The molecule has 0 spiro atoms. The smallest absolute Gasteiger partial charge is 0.270 e. The second-order valence-corrected chi connectivity index (χ2v) is 7.53. The van der Waals surface area contributed by atoms with Crippen LogP contribution in [0.1, 0.15) is 0 Å². The second kappa shape index (κ2) is 8.71. The Morgan fingerprint density at radius 3 is 2.48 bits per heavy atom. The molecule has 0 amide bonds. The lowest BCUT2D eigenvalue weighted by molar-refractivity contribution is -0.385. The van der Waals surface area contributed by atoms with Crippen LogP contribution in [0.4, 0.5) is 10.1 Å². The van der Waals surface area contributed by atoms with Gasteiger partial charge < -0.3 is 4.74 Å². The summed E-state index contributed by atoms with van der Waals surface area (Å²) in [6, 6.07) is 13.7. The average Bonchev–Trinajstić information content (AvgIpc) is 2.72. The van der Waals surface area contributed by atoms with E-state index in [1.807, 2.05) is 0 Å². The van der Waals surface area contributed by atoms with E-state index < -0.39 is 14.9 Å². The van der Waals surface area contributed by atoms with E-state index in [-0.39, 0.29) is 35.4 Å². The summed E-state index contributed by atoms with van der Waals surface area (Å²) in [5.41, 5.74) is 0.902. The summed E-state index contributed by atoms with van der Waals surface area (Å²) >= 11 is 0. The van der Waals surface area contributed by atoms with Gasteiger partial charge in [-0.15, -0.1) is 10.2 Å². The minimum Gasteiger partial charge on any atom is -0.475 e. The number of rotatable bonds is 8. The number of halogens is 1. The molecule has 0 aliphatic heterocycles. The van der Waals surface area contributed by atoms with Crippen LogP contribution in [0.15, 0.2) is 65.6 Å². The van der Waals surface area contributed by atoms with Gasteiger partial charge in [0.15, 0.2) is 0 Å². The van der Waals surface area contributed by atoms with Crippen molar-refractivity contribution in [2.45, 2.75) is 4.90 Å². The van der Waals surface area contributed by atoms with Gasteiger partial charge in [-0.2, -0.15) is 0 Å². The molecular weight excluding hydrogens is 403 g/mol. The fourth-order valence-electron chi connectivity index (χ4n) is 2.35. The van der Waals surface area contributed by atoms with E-state index in [4.69, 9.17) is 4.74 Å². The van der Waals surface area contributed by atoms with Gasteiger partial charge in [-0.05, 0) is 36.4 Å². The Hall–Kier alpha value is -3.44. The van der Waals surface area contributed by atoms with Crippen LogP contribution in [0, 0.1) is 15.9 Å². The number of hydrogen-bond donors (Lipinski definition) is 1. The Bertz CT molecular complexity index is 1110. The van der Waals surface area contributed by atoms with Gasteiger partial charge in [-0.3, -0.25) is 10.1 Å². The summed E-state index contributed by atoms with van der Waals surface area (Å²) in [5.74, 6) is -0.167. The first kappa shape index (κ1) is 20.3. The fraction of sp³-hybridized carbons (Fsp3) is 0.111. The van der Waals surface area contributed by atoms with E-state index in [2.05, 4.69) is 14.9 Å². The summed E-state index contributed by atoms with van der Waals surface area (Å²) in [6.45, 7) is -0.106. The molecule has 0 unspecified atom stereocenters. The summed E-state index contributed by atoms with van der Waals surface area (Å²) in [4.78, 5) is 9.88. The van der Waals surface area contributed by atoms with Crippen molar-refractivity contribution in [3.05, 3.63) is 76.6 Å². The van der Waals surface area contributed by atoms with Crippen LogP contribution in [0.2, 0.25) is 0 Å². The molecular formula is C18H15FN4O5S. The van der Waals surface area contributed by atoms with Crippen LogP contribution in [0.5, 0.6) is 5.88 Å². The van der Waals surface area contributed by atoms with Crippen molar-refractivity contribution in [1.82, 2.24) is 14.9 Å². The highest BCUT2D eigenvalue weighted by atomic mass is 32.2. The molecule has 1 aromatic heterocycles. The van der Waals surface area contributed by atoms with Crippen LogP contribution in [0.25, 0.3) is 11.3 Å². The Kier molecular flexibility index (Phi) is 6.10. The number of non-ortho nitro benzene ring substituents is 1.